The summed E-state index contributed by atoms with van der Waals surface area (Å²) < 4.78 is 0. The third-order valence-corrected chi connectivity index (χ3v) is 9.88. The molecule has 4 fully saturated rings. The molecule has 4 N–H and O–H groups in total. The molecule has 8 atom stereocenters. The van der Waals surface area contributed by atoms with Gasteiger partial charge in [-0.1, -0.05) is 40.0 Å². The quantitative estimate of drug-likeness (QED) is 0.263. The molecular weight excluding hydrogens is 372 g/mol. The highest BCUT2D eigenvalue weighted by molar-refractivity contribution is 5.84. The normalized spacial score (nSPS) is 43.4. The van der Waals surface area contributed by atoms with Crippen LogP contribution < -0.4 is 11.6 Å². The molecule has 0 radical (unpaired) electrons. The minimum atomic E-state index is 0.140. The van der Waals surface area contributed by atoms with Crippen LogP contribution in [-0.4, -0.2) is 23.8 Å². The first-order valence-corrected chi connectivity index (χ1v) is 12.7. The van der Waals surface area contributed by atoms with Gasteiger partial charge in [0.1, 0.15) is 12.9 Å². The van der Waals surface area contributed by atoms with Crippen molar-refractivity contribution in [1.82, 2.24) is 5.12 Å². The lowest BCUT2D eigenvalue weighted by atomic mass is 9.49. The zero-order chi connectivity index (χ0) is 21.5. The Balaban J connectivity index is 1.59. The SMILES string of the molecule is CCCC1C(CC)CCC2C1CCC1(C)C(C(=O)CN(N)/N=C\N)CC(C3CC3)C21. The maximum Gasteiger partial charge on any atom is 0.159 e. The van der Waals surface area contributed by atoms with Crippen LogP contribution in [0.1, 0.15) is 85.0 Å². The van der Waals surface area contributed by atoms with Crippen molar-refractivity contribution in [1.29, 1.82) is 0 Å². The topological polar surface area (TPSA) is 84.7 Å². The number of Topliss-reactive ketones (excluding diaryl/α,β-unsaturated/α-hetero) is 1. The van der Waals surface area contributed by atoms with Gasteiger partial charge < -0.3 is 5.73 Å². The van der Waals surface area contributed by atoms with Crippen molar-refractivity contribution in [2.24, 2.45) is 69.4 Å². The van der Waals surface area contributed by atoms with E-state index in [1.807, 2.05) is 0 Å². The molecule has 0 heterocycles. The standard InChI is InChI=1S/C25H44N4O/c1-4-6-18-16(5-2)9-10-20-19(18)11-12-25(3)22(23(30)14-29(27)28-15-26)13-21(24(20)25)17-7-8-17/h15-22,24H,4-14,27H2,1-3H3,(H2,26,28). The predicted octanol–water partition coefficient (Wildman–Crippen LogP) is 4.56. The van der Waals surface area contributed by atoms with E-state index in [-0.39, 0.29) is 23.7 Å². The van der Waals surface area contributed by atoms with Crippen molar-refractivity contribution in [3.05, 3.63) is 0 Å². The number of hydrazine groups is 1. The van der Waals surface area contributed by atoms with Gasteiger partial charge in [-0.25, -0.2) is 11.0 Å². The lowest BCUT2D eigenvalue weighted by molar-refractivity contribution is -0.131. The third kappa shape index (κ3) is 3.80. The Hall–Kier alpha value is -1.10. The smallest absolute Gasteiger partial charge is 0.159 e. The second-order valence-electron chi connectivity index (χ2n) is 11.2. The lowest BCUT2D eigenvalue weighted by Gasteiger charge is -2.56. The maximum absolute atomic E-state index is 13.4. The molecular formula is C25H44N4O. The molecule has 4 saturated carbocycles. The zero-order valence-corrected chi connectivity index (χ0v) is 19.4. The molecule has 4 rings (SSSR count). The van der Waals surface area contributed by atoms with Crippen molar-refractivity contribution in [3.8, 4) is 0 Å². The molecule has 0 aromatic heterocycles. The van der Waals surface area contributed by atoms with Gasteiger partial charge in [0, 0.05) is 5.92 Å². The number of ketones is 1. The molecule has 0 bridgehead atoms. The summed E-state index contributed by atoms with van der Waals surface area (Å²) in [4.78, 5) is 13.4. The Labute approximate surface area is 183 Å². The van der Waals surface area contributed by atoms with Crippen LogP contribution in [0, 0.1) is 52.8 Å². The van der Waals surface area contributed by atoms with Gasteiger partial charge in [0.25, 0.3) is 0 Å². The first kappa shape index (κ1) is 22.1. The van der Waals surface area contributed by atoms with Crippen molar-refractivity contribution in [2.75, 3.05) is 6.54 Å². The Kier molecular flexibility index (Phi) is 6.48. The monoisotopic (exact) mass is 416 g/mol. The minimum Gasteiger partial charge on any atom is -0.388 e. The predicted molar refractivity (Wildman–Crippen MR) is 122 cm³/mol. The van der Waals surface area contributed by atoms with E-state index in [1.54, 1.807) is 0 Å². The number of nitrogens with zero attached hydrogens (tertiary/aromatic N) is 2. The van der Waals surface area contributed by atoms with Crippen LogP contribution in [0.25, 0.3) is 0 Å². The van der Waals surface area contributed by atoms with Gasteiger partial charge in [0.2, 0.25) is 0 Å². The third-order valence-electron chi connectivity index (χ3n) is 9.88. The van der Waals surface area contributed by atoms with E-state index in [1.165, 1.54) is 69.2 Å². The van der Waals surface area contributed by atoms with Crippen LogP contribution in [-0.2, 0) is 4.79 Å². The molecule has 4 aliphatic rings. The van der Waals surface area contributed by atoms with Crippen LogP contribution >= 0.6 is 0 Å². The fraction of sp³-hybridized carbons (Fsp3) is 0.920. The second-order valence-corrected chi connectivity index (χ2v) is 11.2. The second kappa shape index (κ2) is 8.80. The molecule has 5 heteroatoms. The average molecular weight is 417 g/mol. The summed E-state index contributed by atoms with van der Waals surface area (Å²) >= 11 is 0. The molecule has 0 spiro atoms. The van der Waals surface area contributed by atoms with Gasteiger partial charge in [-0.05, 0) is 91.8 Å². The highest BCUT2D eigenvalue weighted by Crippen LogP contribution is 2.68. The van der Waals surface area contributed by atoms with E-state index in [0.29, 0.717) is 0 Å². The number of carbonyl (C=O) groups is 1. The molecule has 8 unspecified atom stereocenters. The van der Waals surface area contributed by atoms with E-state index in [9.17, 15) is 4.79 Å². The van der Waals surface area contributed by atoms with Crippen LogP contribution in [0.5, 0.6) is 0 Å². The van der Waals surface area contributed by atoms with Gasteiger partial charge in [0.05, 0.1) is 0 Å². The summed E-state index contributed by atoms with van der Waals surface area (Å²) in [6.07, 6.45) is 14.4. The maximum atomic E-state index is 13.4. The first-order chi connectivity index (χ1) is 14.4. The number of nitrogens with two attached hydrogens (primary N) is 2. The van der Waals surface area contributed by atoms with Crippen LogP contribution in [0.15, 0.2) is 5.10 Å². The van der Waals surface area contributed by atoms with Gasteiger partial charge >= 0.3 is 0 Å². The zero-order valence-electron chi connectivity index (χ0n) is 19.4. The molecule has 0 saturated heterocycles. The van der Waals surface area contributed by atoms with Crippen LogP contribution in [0.3, 0.4) is 0 Å². The Bertz CT molecular complexity index is 647. The summed E-state index contributed by atoms with van der Waals surface area (Å²) in [5.41, 5.74) is 5.52. The summed E-state index contributed by atoms with van der Waals surface area (Å²) in [6.45, 7) is 7.42. The number of hydrogen-bond donors (Lipinski definition) is 2. The number of carbonyl (C=O) groups excluding carboxylic acids is 1. The van der Waals surface area contributed by atoms with Crippen LogP contribution in [0.2, 0.25) is 0 Å². The molecule has 0 aliphatic heterocycles. The fourth-order valence-electron chi connectivity index (χ4n) is 8.61. The van der Waals surface area contributed by atoms with E-state index in [0.717, 1.165) is 47.8 Å². The van der Waals surface area contributed by atoms with Crippen molar-refractivity contribution in [2.45, 2.75) is 85.0 Å². The minimum absolute atomic E-state index is 0.140. The van der Waals surface area contributed by atoms with Gasteiger partial charge in [-0.3, -0.25) is 4.79 Å². The Morgan fingerprint density at radius 2 is 1.90 bits per heavy atom. The fourth-order valence-corrected chi connectivity index (χ4v) is 8.61. The largest absolute Gasteiger partial charge is 0.388 e. The molecule has 0 aromatic carbocycles. The lowest BCUT2D eigenvalue weighted by Crippen LogP contribution is -2.50. The number of rotatable bonds is 8. The van der Waals surface area contributed by atoms with Crippen molar-refractivity contribution in [3.63, 3.8) is 0 Å². The van der Waals surface area contributed by atoms with Gasteiger partial charge in [-0.2, -0.15) is 5.10 Å². The van der Waals surface area contributed by atoms with E-state index in [2.05, 4.69) is 25.9 Å². The molecule has 0 aromatic rings. The molecule has 0 amide bonds. The van der Waals surface area contributed by atoms with E-state index >= 15 is 0 Å². The summed E-state index contributed by atoms with van der Waals surface area (Å²) in [7, 11) is 0. The van der Waals surface area contributed by atoms with Crippen molar-refractivity contribution < 1.29 is 4.79 Å². The molecule has 170 valence electrons. The molecule has 30 heavy (non-hydrogen) atoms. The summed E-state index contributed by atoms with van der Waals surface area (Å²) in [5.74, 6) is 12.2. The van der Waals surface area contributed by atoms with Crippen molar-refractivity contribution >= 4 is 12.1 Å². The summed E-state index contributed by atoms with van der Waals surface area (Å²) in [5, 5.41) is 5.11. The van der Waals surface area contributed by atoms with E-state index < -0.39 is 0 Å². The summed E-state index contributed by atoms with van der Waals surface area (Å²) in [6, 6.07) is 0. The Morgan fingerprint density at radius 3 is 2.53 bits per heavy atom. The first-order valence-electron chi connectivity index (χ1n) is 12.7. The van der Waals surface area contributed by atoms with Gasteiger partial charge in [-0.15, -0.1) is 0 Å². The average Bonchev–Trinajstić information content (AvgIpc) is 3.50. The highest BCUT2D eigenvalue weighted by atomic mass is 16.1. The molecule has 4 aliphatic carbocycles. The van der Waals surface area contributed by atoms with Crippen LogP contribution in [0.4, 0.5) is 0 Å². The Morgan fingerprint density at radius 1 is 1.13 bits per heavy atom. The molecule has 5 nitrogen and oxygen atoms in total. The highest BCUT2D eigenvalue weighted by Gasteiger charge is 2.63. The van der Waals surface area contributed by atoms with E-state index in [4.69, 9.17) is 11.6 Å². The number of fused-ring (bicyclic) bond motifs is 3. The number of hydrazone groups is 1. The van der Waals surface area contributed by atoms with Gasteiger partial charge in [0.15, 0.2) is 5.78 Å². The number of hydrogen-bond acceptors (Lipinski definition) is 4.